The summed E-state index contributed by atoms with van der Waals surface area (Å²) in [4.78, 5) is 0.125. The number of sulfonamides is 1. The van der Waals surface area contributed by atoms with E-state index >= 15 is 0 Å². The van der Waals surface area contributed by atoms with Gasteiger partial charge in [-0.3, -0.25) is 0 Å². The van der Waals surface area contributed by atoms with Crippen LogP contribution in [0.25, 0.3) is 0 Å². The SMILES string of the molecule is COc1cc(Br)c(S(=O)(=O)N(C)CC(C)(C)CN)cc1OC.Cl. The van der Waals surface area contributed by atoms with Crippen LogP contribution in [0.3, 0.4) is 0 Å². The highest BCUT2D eigenvalue weighted by atomic mass is 79.9. The molecular formula is C14H24BrClN2O4S. The molecule has 134 valence electrons. The number of ether oxygens (including phenoxy) is 2. The zero-order chi connectivity index (χ0) is 17.1. The van der Waals surface area contributed by atoms with Crippen LogP contribution in [-0.2, 0) is 10.0 Å². The van der Waals surface area contributed by atoms with Crippen LogP contribution in [0.2, 0.25) is 0 Å². The van der Waals surface area contributed by atoms with Crippen LogP contribution in [-0.4, -0.2) is 47.1 Å². The van der Waals surface area contributed by atoms with Crippen LogP contribution in [0.5, 0.6) is 11.5 Å². The molecule has 0 spiro atoms. The topological polar surface area (TPSA) is 81.9 Å². The predicted molar refractivity (Wildman–Crippen MR) is 97.1 cm³/mol. The van der Waals surface area contributed by atoms with Gasteiger partial charge in [0.15, 0.2) is 11.5 Å². The first kappa shape index (κ1) is 22.5. The Bertz CT molecular complexity index is 638. The molecule has 1 rings (SSSR count). The smallest absolute Gasteiger partial charge is 0.244 e. The van der Waals surface area contributed by atoms with Crippen molar-refractivity contribution in [2.75, 3.05) is 34.4 Å². The summed E-state index contributed by atoms with van der Waals surface area (Å²) in [5.74, 6) is 0.814. The van der Waals surface area contributed by atoms with E-state index < -0.39 is 10.0 Å². The molecule has 0 saturated heterocycles. The van der Waals surface area contributed by atoms with Gasteiger partial charge in [-0.05, 0) is 34.0 Å². The number of halogens is 2. The van der Waals surface area contributed by atoms with Gasteiger partial charge in [-0.25, -0.2) is 12.7 Å². The van der Waals surface area contributed by atoms with E-state index in [0.29, 0.717) is 29.1 Å². The fourth-order valence-corrected chi connectivity index (χ4v) is 4.31. The van der Waals surface area contributed by atoms with Crippen molar-refractivity contribution in [3.05, 3.63) is 16.6 Å². The summed E-state index contributed by atoms with van der Waals surface area (Å²) in [7, 11) is 0.819. The Balaban J connectivity index is 0.00000484. The maximum Gasteiger partial charge on any atom is 0.244 e. The van der Waals surface area contributed by atoms with Crippen molar-refractivity contribution >= 4 is 38.4 Å². The van der Waals surface area contributed by atoms with Crippen molar-refractivity contribution in [3.8, 4) is 11.5 Å². The average molecular weight is 432 g/mol. The maximum absolute atomic E-state index is 12.8. The highest BCUT2D eigenvalue weighted by molar-refractivity contribution is 9.10. The van der Waals surface area contributed by atoms with Gasteiger partial charge in [-0.15, -0.1) is 12.4 Å². The second-order valence-electron chi connectivity index (χ2n) is 5.77. The summed E-state index contributed by atoms with van der Waals surface area (Å²) < 4.78 is 37.6. The molecule has 0 aromatic heterocycles. The number of methoxy groups -OCH3 is 2. The zero-order valence-electron chi connectivity index (χ0n) is 13.9. The van der Waals surface area contributed by atoms with E-state index in [1.807, 2.05) is 13.8 Å². The van der Waals surface area contributed by atoms with Gasteiger partial charge in [0.25, 0.3) is 0 Å². The van der Waals surface area contributed by atoms with E-state index in [1.54, 1.807) is 6.07 Å². The largest absolute Gasteiger partial charge is 0.493 e. The van der Waals surface area contributed by atoms with Crippen molar-refractivity contribution in [2.45, 2.75) is 18.7 Å². The number of rotatable bonds is 7. The summed E-state index contributed by atoms with van der Waals surface area (Å²) in [6.07, 6.45) is 0. The summed E-state index contributed by atoms with van der Waals surface area (Å²) in [5, 5.41) is 0. The highest BCUT2D eigenvalue weighted by Gasteiger charge is 2.29. The molecule has 0 saturated carbocycles. The third-order valence-electron chi connectivity index (χ3n) is 3.33. The standard InChI is InChI=1S/C14H23BrN2O4S.ClH/c1-14(2,8-16)9-17(3)22(18,19)13-7-12(21-5)11(20-4)6-10(13)15;/h6-7H,8-9,16H2,1-5H3;1H. The van der Waals surface area contributed by atoms with Crippen LogP contribution in [0.1, 0.15) is 13.8 Å². The van der Waals surface area contributed by atoms with E-state index in [2.05, 4.69) is 15.9 Å². The lowest BCUT2D eigenvalue weighted by Gasteiger charge is -2.28. The van der Waals surface area contributed by atoms with Gasteiger partial charge in [0.05, 0.1) is 14.2 Å². The molecule has 23 heavy (non-hydrogen) atoms. The molecule has 0 bridgehead atoms. The fourth-order valence-electron chi connectivity index (χ4n) is 1.95. The maximum atomic E-state index is 12.8. The first-order chi connectivity index (χ1) is 10.1. The lowest BCUT2D eigenvalue weighted by Crippen LogP contribution is -2.39. The molecule has 0 aliphatic heterocycles. The minimum atomic E-state index is -3.68. The molecule has 0 radical (unpaired) electrons. The summed E-state index contributed by atoms with van der Waals surface area (Å²) >= 11 is 3.29. The van der Waals surface area contributed by atoms with Crippen molar-refractivity contribution < 1.29 is 17.9 Å². The second kappa shape index (κ2) is 8.53. The van der Waals surface area contributed by atoms with Crippen LogP contribution in [0, 0.1) is 5.41 Å². The molecule has 0 amide bonds. The summed E-state index contributed by atoms with van der Waals surface area (Å²) in [5.41, 5.74) is 5.37. The molecule has 0 aliphatic carbocycles. The molecule has 9 heteroatoms. The van der Waals surface area contributed by atoms with Crippen molar-refractivity contribution in [1.29, 1.82) is 0 Å². The molecular weight excluding hydrogens is 408 g/mol. The molecule has 0 atom stereocenters. The second-order valence-corrected chi connectivity index (χ2v) is 8.63. The van der Waals surface area contributed by atoms with Crippen LogP contribution < -0.4 is 15.2 Å². The Morgan fingerprint density at radius 2 is 1.70 bits per heavy atom. The minimum absolute atomic E-state index is 0. The van der Waals surface area contributed by atoms with E-state index in [4.69, 9.17) is 15.2 Å². The number of hydrogen-bond acceptors (Lipinski definition) is 5. The number of benzene rings is 1. The molecule has 0 aliphatic rings. The van der Waals surface area contributed by atoms with Crippen molar-refractivity contribution in [3.63, 3.8) is 0 Å². The Labute approximate surface area is 152 Å². The third kappa shape index (κ3) is 5.22. The molecule has 6 nitrogen and oxygen atoms in total. The third-order valence-corrected chi connectivity index (χ3v) is 6.09. The predicted octanol–water partition coefficient (Wildman–Crippen LogP) is 2.49. The highest BCUT2D eigenvalue weighted by Crippen LogP contribution is 2.36. The van der Waals surface area contributed by atoms with Gasteiger partial charge in [0.2, 0.25) is 10.0 Å². The van der Waals surface area contributed by atoms with Crippen LogP contribution in [0.15, 0.2) is 21.5 Å². The van der Waals surface area contributed by atoms with Gasteiger partial charge in [-0.1, -0.05) is 13.8 Å². The van der Waals surface area contributed by atoms with Gasteiger partial charge in [0.1, 0.15) is 4.90 Å². The average Bonchev–Trinajstić information content (AvgIpc) is 2.46. The first-order valence-electron chi connectivity index (χ1n) is 6.67. The molecule has 0 heterocycles. The lowest BCUT2D eigenvalue weighted by molar-refractivity contribution is 0.291. The Hall–Kier alpha value is -0.540. The van der Waals surface area contributed by atoms with Gasteiger partial charge in [0, 0.05) is 24.1 Å². The Morgan fingerprint density at radius 1 is 1.22 bits per heavy atom. The van der Waals surface area contributed by atoms with Gasteiger partial charge >= 0.3 is 0 Å². The lowest BCUT2D eigenvalue weighted by atomic mass is 9.94. The van der Waals surface area contributed by atoms with Gasteiger partial charge < -0.3 is 15.2 Å². The molecule has 1 aromatic carbocycles. The number of nitrogens with two attached hydrogens (primary N) is 1. The van der Waals surface area contributed by atoms with E-state index in [9.17, 15) is 8.42 Å². The number of nitrogens with zero attached hydrogens (tertiary/aromatic N) is 1. The van der Waals surface area contributed by atoms with E-state index in [0.717, 1.165) is 0 Å². The van der Waals surface area contributed by atoms with E-state index in [-0.39, 0.29) is 22.7 Å². The van der Waals surface area contributed by atoms with Crippen molar-refractivity contribution in [2.24, 2.45) is 11.1 Å². The Kier molecular flexibility index (Phi) is 8.33. The van der Waals surface area contributed by atoms with Crippen molar-refractivity contribution in [1.82, 2.24) is 4.31 Å². The number of hydrogen-bond donors (Lipinski definition) is 1. The van der Waals surface area contributed by atoms with E-state index in [1.165, 1.54) is 31.6 Å². The molecule has 0 unspecified atom stereocenters. The van der Waals surface area contributed by atoms with Crippen LogP contribution in [0.4, 0.5) is 0 Å². The Morgan fingerprint density at radius 3 is 2.13 bits per heavy atom. The molecule has 1 aromatic rings. The summed E-state index contributed by atoms with van der Waals surface area (Å²) in [6.45, 7) is 4.54. The fraction of sp³-hybridized carbons (Fsp3) is 0.571. The molecule has 0 fully saturated rings. The molecule has 2 N–H and O–H groups in total. The first-order valence-corrected chi connectivity index (χ1v) is 8.90. The minimum Gasteiger partial charge on any atom is -0.493 e. The van der Waals surface area contributed by atoms with Crippen LogP contribution >= 0.6 is 28.3 Å². The quantitative estimate of drug-likeness (QED) is 0.717. The monoisotopic (exact) mass is 430 g/mol. The normalized spacial score (nSPS) is 12.0. The zero-order valence-corrected chi connectivity index (χ0v) is 17.1. The summed E-state index contributed by atoms with van der Waals surface area (Å²) in [6, 6.07) is 3.03. The van der Waals surface area contributed by atoms with Gasteiger partial charge in [-0.2, -0.15) is 0 Å².